The van der Waals surface area contributed by atoms with Crippen molar-refractivity contribution in [3.8, 4) is 17.1 Å². The van der Waals surface area contributed by atoms with Crippen LogP contribution in [0.2, 0.25) is 0 Å². The minimum atomic E-state index is 0.0506. The average molecular weight is 505 g/mol. The van der Waals surface area contributed by atoms with Gasteiger partial charge in [-0.2, -0.15) is 5.10 Å². The van der Waals surface area contributed by atoms with Crippen LogP contribution in [0.4, 0.5) is 10.6 Å². The van der Waals surface area contributed by atoms with Crippen LogP contribution in [0.15, 0.2) is 30.6 Å². The first-order valence-corrected chi connectivity index (χ1v) is 12.8. The lowest BCUT2D eigenvalue weighted by Crippen LogP contribution is -2.54. The Morgan fingerprint density at radius 3 is 2.65 bits per heavy atom. The highest BCUT2D eigenvalue weighted by atomic mass is 16.5. The van der Waals surface area contributed by atoms with E-state index in [0.717, 1.165) is 41.0 Å². The summed E-state index contributed by atoms with van der Waals surface area (Å²) < 4.78 is 13.1. The SMILES string of the molecule is COc1cccc2cc(-c3nc(C4CCN(C(=O)N5C[C@@H](C)O[C@@H](C)C5)CC4)n4ncnc(N)c34)[nH]c12. The molecule has 0 radical (unpaired) electrons. The molecule has 3 N–H and O–H groups in total. The third-order valence-electron chi connectivity index (χ3n) is 7.40. The number of methoxy groups -OCH3 is 1. The Kier molecular flexibility index (Phi) is 5.86. The number of hydrogen-bond acceptors (Lipinski definition) is 7. The number of aromatic nitrogens is 5. The van der Waals surface area contributed by atoms with Crippen LogP contribution in [0.5, 0.6) is 5.75 Å². The van der Waals surface area contributed by atoms with Crippen molar-refractivity contribution in [2.45, 2.75) is 44.8 Å². The van der Waals surface area contributed by atoms with Crippen LogP contribution < -0.4 is 10.5 Å². The largest absolute Gasteiger partial charge is 0.495 e. The van der Waals surface area contributed by atoms with Crippen molar-refractivity contribution in [1.82, 2.24) is 34.4 Å². The molecular formula is C26H32N8O3. The second-order valence-electron chi connectivity index (χ2n) is 10.0. The number of carbonyl (C=O) groups excluding carboxylic acids is 1. The predicted molar refractivity (Wildman–Crippen MR) is 140 cm³/mol. The quantitative estimate of drug-likeness (QED) is 0.438. The normalized spacial score (nSPS) is 21.2. The van der Waals surface area contributed by atoms with Crippen molar-refractivity contribution in [3.05, 3.63) is 36.4 Å². The fourth-order valence-electron chi connectivity index (χ4n) is 5.72. The molecule has 0 bridgehead atoms. The number of nitrogens with two attached hydrogens (primary N) is 1. The van der Waals surface area contributed by atoms with E-state index in [2.05, 4.69) is 15.1 Å². The molecule has 2 amide bonds. The number of benzene rings is 1. The fraction of sp³-hybridized carbons (Fsp3) is 0.462. The van der Waals surface area contributed by atoms with Crippen LogP contribution in [0.1, 0.15) is 38.4 Å². The molecule has 2 saturated heterocycles. The Morgan fingerprint density at radius 1 is 1.16 bits per heavy atom. The van der Waals surface area contributed by atoms with E-state index in [9.17, 15) is 4.79 Å². The summed E-state index contributed by atoms with van der Waals surface area (Å²) in [6, 6.07) is 8.04. The Hall–Kier alpha value is -3.86. The van der Waals surface area contributed by atoms with E-state index in [1.165, 1.54) is 6.33 Å². The summed E-state index contributed by atoms with van der Waals surface area (Å²) in [5, 5.41) is 5.54. The summed E-state index contributed by atoms with van der Waals surface area (Å²) in [7, 11) is 1.66. The first kappa shape index (κ1) is 23.5. The topological polar surface area (TPSA) is 127 Å². The summed E-state index contributed by atoms with van der Waals surface area (Å²) in [4.78, 5) is 29.8. The monoisotopic (exact) mass is 504 g/mol. The van der Waals surface area contributed by atoms with Crippen molar-refractivity contribution < 1.29 is 14.3 Å². The predicted octanol–water partition coefficient (Wildman–Crippen LogP) is 3.27. The highest BCUT2D eigenvalue weighted by Gasteiger charge is 2.33. The standard InChI is InChI=1S/C26H32N8O3/c1-15-12-33(13-16(2)37-15)26(35)32-9-7-17(8-10-32)25-31-22(23-24(27)28-14-29-34(23)25)19-11-18-5-4-6-20(36-3)21(18)30-19/h4-6,11,14-17,30H,7-10,12-13H2,1-3H3,(H2,27,28,29)/t15-,16+. The number of fused-ring (bicyclic) bond motifs is 2. The van der Waals surface area contributed by atoms with Gasteiger partial charge in [-0.05, 0) is 38.8 Å². The van der Waals surface area contributed by atoms with Gasteiger partial charge in [-0.3, -0.25) is 0 Å². The van der Waals surface area contributed by atoms with Gasteiger partial charge in [0.25, 0.3) is 0 Å². The van der Waals surface area contributed by atoms with Gasteiger partial charge in [-0.1, -0.05) is 12.1 Å². The molecule has 37 heavy (non-hydrogen) atoms. The number of imidazole rings is 1. The lowest BCUT2D eigenvalue weighted by Gasteiger charge is -2.40. The molecule has 0 saturated carbocycles. The number of anilines is 1. The van der Waals surface area contributed by atoms with E-state index in [1.54, 1.807) is 7.11 Å². The molecule has 4 aromatic rings. The molecule has 0 aliphatic carbocycles. The number of aromatic amines is 1. The average Bonchev–Trinajstić information content (AvgIpc) is 3.50. The first-order chi connectivity index (χ1) is 17.9. The van der Waals surface area contributed by atoms with E-state index in [1.807, 2.05) is 52.4 Å². The van der Waals surface area contributed by atoms with E-state index < -0.39 is 0 Å². The molecule has 2 fully saturated rings. The van der Waals surface area contributed by atoms with Crippen molar-refractivity contribution in [2.75, 3.05) is 39.0 Å². The lowest BCUT2D eigenvalue weighted by atomic mass is 9.96. The molecule has 11 heteroatoms. The maximum atomic E-state index is 13.2. The van der Waals surface area contributed by atoms with Gasteiger partial charge in [0, 0.05) is 37.5 Å². The molecule has 11 nitrogen and oxygen atoms in total. The highest BCUT2D eigenvalue weighted by Crippen LogP contribution is 2.36. The van der Waals surface area contributed by atoms with Crippen LogP contribution in [-0.2, 0) is 4.74 Å². The Balaban J connectivity index is 1.28. The minimum Gasteiger partial charge on any atom is -0.495 e. The van der Waals surface area contributed by atoms with E-state index in [4.69, 9.17) is 20.2 Å². The van der Waals surface area contributed by atoms with Crippen molar-refractivity contribution >= 4 is 28.3 Å². The number of amides is 2. The molecule has 0 unspecified atom stereocenters. The lowest BCUT2D eigenvalue weighted by molar-refractivity contribution is -0.0587. The Morgan fingerprint density at radius 2 is 1.92 bits per heavy atom. The number of morpholine rings is 1. The summed E-state index contributed by atoms with van der Waals surface area (Å²) >= 11 is 0. The number of carbonyl (C=O) groups is 1. The molecule has 6 rings (SSSR count). The zero-order valence-electron chi connectivity index (χ0n) is 21.3. The number of nitrogen functional groups attached to an aromatic ring is 1. The molecule has 194 valence electrons. The number of nitrogens with one attached hydrogen (secondary N) is 1. The molecular weight excluding hydrogens is 472 g/mol. The third kappa shape index (κ3) is 4.12. The van der Waals surface area contributed by atoms with Crippen LogP contribution in [0, 0.1) is 0 Å². The highest BCUT2D eigenvalue weighted by molar-refractivity contribution is 5.93. The third-order valence-corrected chi connectivity index (χ3v) is 7.40. The van der Waals surface area contributed by atoms with Crippen LogP contribution >= 0.6 is 0 Å². The number of rotatable bonds is 3. The molecule has 2 aliphatic rings. The summed E-state index contributed by atoms with van der Waals surface area (Å²) in [6.07, 6.45) is 3.16. The summed E-state index contributed by atoms with van der Waals surface area (Å²) in [6.45, 7) is 6.61. The van der Waals surface area contributed by atoms with Gasteiger partial charge in [-0.25, -0.2) is 19.3 Å². The zero-order valence-corrected chi connectivity index (χ0v) is 21.3. The number of likely N-dealkylation sites (tertiary alicyclic amines) is 1. The van der Waals surface area contributed by atoms with Gasteiger partial charge < -0.3 is 30.0 Å². The number of piperidine rings is 1. The minimum absolute atomic E-state index is 0.0506. The van der Waals surface area contributed by atoms with E-state index >= 15 is 0 Å². The number of H-pyrrole nitrogens is 1. The van der Waals surface area contributed by atoms with Gasteiger partial charge in [0.2, 0.25) is 0 Å². The molecule has 5 heterocycles. The van der Waals surface area contributed by atoms with Gasteiger partial charge >= 0.3 is 6.03 Å². The Bertz CT molecular complexity index is 1450. The smallest absolute Gasteiger partial charge is 0.320 e. The zero-order chi connectivity index (χ0) is 25.7. The number of nitrogens with zero attached hydrogens (tertiary/aromatic N) is 6. The van der Waals surface area contributed by atoms with Crippen LogP contribution in [0.3, 0.4) is 0 Å². The number of hydrogen-bond donors (Lipinski definition) is 2. The maximum Gasteiger partial charge on any atom is 0.320 e. The maximum absolute atomic E-state index is 13.2. The first-order valence-electron chi connectivity index (χ1n) is 12.8. The van der Waals surface area contributed by atoms with Crippen LogP contribution in [0.25, 0.3) is 27.8 Å². The van der Waals surface area contributed by atoms with Gasteiger partial charge in [-0.15, -0.1) is 0 Å². The number of para-hydroxylation sites is 1. The summed E-state index contributed by atoms with van der Waals surface area (Å²) in [5.74, 6) is 2.11. The molecule has 2 atom stereocenters. The number of ether oxygens (including phenoxy) is 2. The van der Waals surface area contributed by atoms with Crippen LogP contribution in [-0.4, -0.2) is 85.9 Å². The van der Waals surface area contributed by atoms with E-state index in [0.29, 0.717) is 43.2 Å². The van der Waals surface area contributed by atoms with E-state index in [-0.39, 0.29) is 24.2 Å². The van der Waals surface area contributed by atoms with Crippen molar-refractivity contribution in [3.63, 3.8) is 0 Å². The molecule has 1 aromatic carbocycles. The molecule has 0 spiro atoms. The molecule has 2 aliphatic heterocycles. The van der Waals surface area contributed by atoms with Gasteiger partial charge in [0.1, 0.15) is 29.1 Å². The second kappa shape index (κ2) is 9.22. The number of urea groups is 1. The van der Waals surface area contributed by atoms with Crippen molar-refractivity contribution in [2.24, 2.45) is 0 Å². The van der Waals surface area contributed by atoms with Gasteiger partial charge in [0.05, 0.1) is 30.5 Å². The Labute approximate surface area is 214 Å². The fourth-order valence-corrected chi connectivity index (χ4v) is 5.72. The second-order valence-corrected chi connectivity index (χ2v) is 10.0. The summed E-state index contributed by atoms with van der Waals surface area (Å²) in [5.41, 5.74) is 9.45. The molecule has 3 aromatic heterocycles. The van der Waals surface area contributed by atoms with Gasteiger partial charge in [0.15, 0.2) is 5.82 Å². The van der Waals surface area contributed by atoms with Crippen molar-refractivity contribution in [1.29, 1.82) is 0 Å².